The van der Waals surface area contributed by atoms with Crippen LogP contribution in [0.2, 0.25) is 0 Å². The van der Waals surface area contributed by atoms with Crippen LogP contribution in [0.25, 0.3) is 0 Å². The smallest absolute Gasteiger partial charge is 0.261 e. The molecule has 0 unspecified atom stereocenters. The Bertz CT molecular complexity index is 867. The molecule has 134 valence electrons. The molecule has 0 aliphatic carbocycles. The first-order chi connectivity index (χ1) is 11.9. The number of thioether (sulfide) groups is 1. The minimum absolute atomic E-state index is 0.0101. The molecule has 0 saturated carbocycles. The molecule has 0 aliphatic rings. The fourth-order valence-corrected chi connectivity index (χ4v) is 3.72. The van der Waals surface area contributed by atoms with E-state index in [2.05, 4.69) is 10.0 Å². The third kappa shape index (κ3) is 4.67. The number of hydrogen-bond acceptors (Lipinski definition) is 5. The van der Waals surface area contributed by atoms with Gasteiger partial charge in [0.05, 0.1) is 17.6 Å². The summed E-state index contributed by atoms with van der Waals surface area (Å²) in [6, 6.07) is 11.3. The second-order valence-corrected chi connectivity index (χ2v) is 7.62. The highest BCUT2D eigenvalue weighted by atomic mass is 32.2. The van der Waals surface area contributed by atoms with Crippen LogP contribution in [0.15, 0.2) is 52.3 Å². The first-order valence-electron chi connectivity index (χ1n) is 7.54. The van der Waals surface area contributed by atoms with Crippen LogP contribution in [0.4, 0.5) is 5.69 Å². The van der Waals surface area contributed by atoms with E-state index in [4.69, 9.17) is 4.74 Å². The minimum atomic E-state index is -3.83. The number of anilines is 1. The van der Waals surface area contributed by atoms with Crippen molar-refractivity contribution in [2.24, 2.45) is 0 Å². The molecule has 0 atom stereocenters. The van der Waals surface area contributed by atoms with Crippen molar-refractivity contribution in [3.8, 4) is 5.75 Å². The molecule has 2 aromatic rings. The lowest BCUT2D eigenvalue weighted by molar-refractivity contribution is 0.0952. The third-order valence-electron chi connectivity index (χ3n) is 3.39. The number of nitrogens with one attached hydrogen (secondary N) is 2. The Morgan fingerprint density at radius 1 is 1.20 bits per heavy atom. The standard InChI is InChI=1S/C17H20N2O4S2/c1-4-18-17(20)15-11-14(8-9-16(15)23-2)25(21,22)19-12-6-5-7-13(10-12)24-3/h5-11,19H,4H2,1-3H3,(H,18,20). The van der Waals surface area contributed by atoms with Crippen LogP contribution in [0.3, 0.4) is 0 Å². The Labute approximate surface area is 152 Å². The van der Waals surface area contributed by atoms with E-state index in [1.165, 1.54) is 37.1 Å². The largest absolute Gasteiger partial charge is 0.496 e. The number of ether oxygens (including phenoxy) is 1. The molecule has 1 amide bonds. The zero-order chi connectivity index (χ0) is 18.4. The second-order valence-electron chi connectivity index (χ2n) is 5.06. The van der Waals surface area contributed by atoms with Crippen molar-refractivity contribution in [2.45, 2.75) is 16.7 Å². The first-order valence-corrected chi connectivity index (χ1v) is 10.2. The Morgan fingerprint density at radius 2 is 1.96 bits per heavy atom. The van der Waals surface area contributed by atoms with Gasteiger partial charge in [0.2, 0.25) is 0 Å². The van der Waals surface area contributed by atoms with E-state index >= 15 is 0 Å². The van der Waals surface area contributed by atoms with Crippen LogP contribution in [0.5, 0.6) is 5.75 Å². The Morgan fingerprint density at radius 3 is 2.60 bits per heavy atom. The molecule has 0 aromatic heterocycles. The number of methoxy groups -OCH3 is 1. The average molecular weight is 380 g/mol. The predicted octanol–water partition coefficient (Wildman–Crippen LogP) is 2.97. The molecule has 0 spiro atoms. The number of sulfonamides is 1. The second kappa shape index (κ2) is 8.26. The van der Waals surface area contributed by atoms with Crippen molar-refractivity contribution in [1.82, 2.24) is 5.32 Å². The summed E-state index contributed by atoms with van der Waals surface area (Å²) >= 11 is 1.52. The van der Waals surface area contributed by atoms with Crippen LogP contribution >= 0.6 is 11.8 Å². The lowest BCUT2D eigenvalue weighted by Gasteiger charge is -2.12. The van der Waals surface area contributed by atoms with Crippen molar-refractivity contribution in [3.05, 3.63) is 48.0 Å². The third-order valence-corrected chi connectivity index (χ3v) is 5.49. The van der Waals surface area contributed by atoms with Crippen LogP contribution in [-0.4, -0.2) is 34.2 Å². The zero-order valence-electron chi connectivity index (χ0n) is 14.2. The van der Waals surface area contributed by atoms with Crippen LogP contribution in [0.1, 0.15) is 17.3 Å². The monoisotopic (exact) mass is 380 g/mol. The lowest BCUT2D eigenvalue weighted by Crippen LogP contribution is -2.24. The van der Waals surface area contributed by atoms with E-state index < -0.39 is 10.0 Å². The van der Waals surface area contributed by atoms with Gasteiger partial charge >= 0.3 is 0 Å². The molecule has 25 heavy (non-hydrogen) atoms. The Kier molecular flexibility index (Phi) is 6.33. The van der Waals surface area contributed by atoms with Gasteiger partial charge in [0.1, 0.15) is 5.75 Å². The van der Waals surface area contributed by atoms with Gasteiger partial charge in [-0.25, -0.2) is 8.42 Å². The molecule has 0 heterocycles. The maximum absolute atomic E-state index is 12.6. The molecule has 0 aliphatic heterocycles. The number of carbonyl (C=O) groups excluding carboxylic acids is 1. The molecule has 2 rings (SSSR count). The first kappa shape index (κ1) is 19.1. The maximum Gasteiger partial charge on any atom is 0.261 e. The summed E-state index contributed by atoms with van der Waals surface area (Å²) in [5, 5.41) is 2.64. The van der Waals surface area contributed by atoms with E-state index in [1.54, 1.807) is 25.1 Å². The van der Waals surface area contributed by atoms with Crippen molar-refractivity contribution in [1.29, 1.82) is 0 Å². The number of carbonyl (C=O) groups is 1. The maximum atomic E-state index is 12.6. The molecule has 0 bridgehead atoms. The van der Waals surface area contributed by atoms with Crippen LogP contribution in [-0.2, 0) is 10.0 Å². The van der Waals surface area contributed by atoms with Gasteiger partial charge in [-0.05, 0) is 49.6 Å². The summed E-state index contributed by atoms with van der Waals surface area (Å²) in [5.41, 5.74) is 0.632. The molecule has 2 N–H and O–H groups in total. The van der Waals surface area contributed by atoms with E-state index in [0.717, 1.165) is 4.90 Å². The Balaban J connectivity index is 2.38. The van der Waals surface area contributed by atoms with Crippen LogP contribution < -0.4 is 14.8 Å². The molecule has 0 saturated heterocycles. The summed E-state index contributed by atoms with van der Waals surface area (Å²) in [6.45, 7) is 2.21. The molecular formula is C17H20N2O4S2. The normalized spacial score (nSPS) is 11.0. The van der Waals surface area contributed by atoms with Gasteiger partial charge in [-0.2, -0.15) is 0 Å². The lowest BCUT2D eigenvalue weighted by atomic mass is 10.2. The van der Waals surface area contributed by atoms with Gasteiger partial charge in [-0.3, -0.25) is 9.52 Å². The quantitative estimate of drug-likeness (QED) is 0.722. The van der Waals surface area contributed by atoms with E-state index in [9.17, 15) is 13.2 Å². The van der Waals surface area contributed by atoms with Gasteiger partial charge in [0.25, 0.3) is 15.9 Å². The molecule has 8 heteroatoms. The Hall–Kier alpha value is -2.19. The summed E-state index contributed by atoms with van der Waals surface area (Å²) in [6.07, 6.45) is 1.91. The summed E-state index contributed by atoms with van der Waals surface area (Å²) in [7, 11) is -2.40. The van der Waals surface area contributed by atoms with E-state index in [0.29, 0.717) is 18.0 Å². The van der Waals surface area contributed by atoms with Crippen molar-refractivity contribution < 1.29 is 17.9 Å². The van der Waals surface area contributed by atoms with E-state index in [1.807, 2.05) is 12.3 Å². The predicted molar refractivity (Wildman–Crippen MR) is 100 cm³/mol. The van der Waals surface area contributed by atoms with Gasteiger partial charge < -0.3 is 10.1 Å². The molecule has 0 radical (unpaired) electrons. The molecular weight excluding hydrogens is 360 g/mol. The molecule has 2 aromatic carbocycles. The van der Waals surface area contributed by atoms with Gasteiger partial charge in [-0.15, -0.1) is 11.8 Å². The topological polar surface area (TPSA) is 84.5 Å². The van der Waals surface area contributed by atoms with Crippen LogP contribution in [0, 0.1) is 0 Å². The highest BCUT2D eigenvalue weighted by Gasteiger charge is 2.20. The van der Waals surface area contributed by atoms with Gasteiger partial charge in [0, 0.05) is 17.1 Å². The van der Waals surface area contributed by atoms with Gasteiger partial charge in [0.15, 0.2) is 0 Å². The van der Waals surface area contributed by atoms with Crippen molar-refractivity contribution >= 4 is 33.4 Å². The summed E-state index contributed by atoms with van der Waals surface area (Å²) < 4.78 is 33.0. The average Bonchev–Trinajstić information content (AvgIpc) is 2.61. The zero-order valence-corrected chi connectivity index (χ0v) is 15.8. The fraction of sp³-hybridized carbons (Fsp3) is 0.235. The van der Waals surface area contributed by atoms with Crippen molar-refractivity contribution in [3.63, 3.8) is 0 Å². The minimum Gasteiger partial charge on any atom is -0.496 e. The number of benzene rings is 2. The number of hydrogen-bond donors (Lipinski definition) is 2. The number of amides is 1. The fourth-order valence-electron chi connectivity index (χ4n) is 2.19. The van der Waals surface area contributed by atoms with Crippen molar-refractivity contribution in [2.75, 3.05) is 24.6 Å². The highest BCUT2D eigenvalue weighted by molar-refractivity contribution is 7.98. The van der Waals surface area contributed by atoms with E-state index in [-0.39, 0.29) is 16.4 Å². The molecule has 6 nitrogen and oxygen atoms in total. The summed E-state index contributed by atoms with van der Waals surface area (Å²) in [4.78, 5) is 13.1. The van der Waals surface area contributed by atoms with Gasteiger partial charge in [-0.1, -0.05) is 6.07 Å². The highest BCUT2D eigenvalue weighted by Crippen LogP contribution is 2.25. The number of rotatable bonds is 7. The SMILES string of the molecule is CCNC(=O)c1cc(S(=O)(=O)Nc2cccc(SC)c2)ccc1OC. The summed E-state index contributed by atoms with van der Waals surface area (Å²) in [5.74, 6) is -0.0740. The molecule has 0 fully saturated rings.